The molecule has 0 aliphatic heterocycles. The predicted molar refractivity (Wildman–Crippen MR) is 94.2 cm³/mol. The average molecular weight is 353 g/mol. The number of fused-ring (bicyclic) bond motifs is 2. The Balaban J connectivity index is 1.59. The van der Waals surface area contributed by atoms with Gasteiger partial charge in [-0.1, -0.05) is 11.3 Å². The lowest BCUT2D eigenvalue weighted by molar-refractivity contribution is 0.129. The fourth-order valence-electron chi connectivity index (χ4n) is 2.96. The molecule has 0 radical (unpaired) electrons. The van der Waals surface area contributed by atoms with E-state index in [1.54, 1.807) is 4.68 Å². The number of benzene rings is 2. The second-order valence-corrected chi connectivity index (χ2v) is 6.28. The van der Waals surface area contributed by atoms with Gasteiger partial charge in [-0.2, -0.15) is 0 Å². The Labute approximate surface area is 147 Å². The largest absolute Gasteiger partial charge is 0.389 e. The fraction of sp³-hybridized carbons (Fsp3) is 0.222. The molecule has 2 aromatic heterocycles. The third-order valence-electron chi connectivity index (χ3n) is 4.25. The van der Waals surface area contributed by atoms with Gasteiger partial charge in [-0.15, -0.1) is 5.10 Å². The lowest BCUT2D eigenvalue weighted by atomic mass is 10.2. The highest BCUT2D eigenvalue weighted by atomic mass is 19.1. The zero-order valence-corrected chi connectivity index (χ0v) is 14.0. The van der Waals surface area contributed by atoms with Gasteiger partial charge in [0.2, 0.25) is 0 Å². The molecule has 8 heteroatoms. The molecule has 26 heavy (non-hydrogen) atoms. The van der Waals surface area contributed by atoms with Crippen molar-refractivity contribution in [1.82, 2.24) is 24.5 Å². The minimum atomic E-state index is -0.862. The Bertz CT molecular complexity index is 1170. The molecule has 2 heterocycles. The van der Waals surface area contributed by atoms with Crippen LogP contribution in [0.1, 0.15) is 5.56 Å². The van der Waals surface area contributed by atoms with Crippen molar-refractivity contribution >= 4 is 21.9 Å². The minimum Gasteiger partial charge on any atom is -0.389 e. The van der Waals surface area contributed by atoms with Crippen LogP contribution in [-0.2, 0) is 13.1 Å². The number of nitrogens with zero attached hydrogens (tertiary/aromatic N) is 5. The Morgan fingerprint density at radius 2 is 2.00 bits per heavy atom. The van der Waals surface area contributed by atoms with Crippen LogP contribution in [-0.4, -0.2) is 35.8 Å². The highest BCUT2D eigenvalue weighted by Gasteiger charge is 2.13. The number of rotatable bonds is 4. The van der Waals surface area contributed by atoms with Gasteiger partial charge in [0.25, 0.3) is 5.56 Å². The second kappa shape index (κ2) is 6.30. The molecular weight excluding hydrogens is 337 g/mol. The third-order valence-corrected chi connectivity index (χ3v) is 4.25. The normalized spacial score (nSPS) is 12.7. The number of hydrogen-bond acceptors (Lipinski definition) is 5. The van der Waals surface area contributed by atoms with Gasteiger partial charge in [-0.25, -0.2) is 14.1 Å². The smallest absolute Gasteiger partial charge is 0.261 e. The number of halogens is 1. The first-order valence-corrected chi connectivity index (χ1v) is 8.14. The van der Waals surface area contributed by atoms with Crippen molar-refractivity contribution in [3.05, 3.63) is 64.5 Å². The van der Waals surface area contributed by atoms with Crippen LogP contribution >= 0.6 is 0 Å². The number of aliphatic hydroxyl groups excluding tert-OH is 1. The molecule has 0 saturated heterocycles. The molecule has 0 saturated carbocycles. The van der Waals surface area contributed by atoms with Crippen molar-refractivity contribution in [1.29, 1.82) is 0 Å². The minimum absolute atomic E-state index is 0.0480. The molecule has 1 N–H and O–H groups in total. The van der Waals surface area contributed by atoms with Crippen LogP contribution in [0.4, 0.5) is 4.39 Å². The SMILES string of the molecule is Cc1ccc2c(c1)nnn2CC(O)Cn1cnc2cc(F)ccc2c1=O. The van der Waals surface area contributed by atoms with Crippen molar-refractivity contribution < 1.29 is 9.50 Å². The summed E-state index contributed by atoms with van der Waals surface area (Å²) >= 11 is 0. The predicted octanol–water partition coefficient (Wildman–Crippen LogP) is 1.65. The van der Waals surface area contributed by atoms with Crippen LogP contribution in [0.15, 0.2) is 47.5 Å². The van der Waals surface area contributed by atoms with Crippen LogP contribution in [0.2, 0.25) is 0 Å². The molecular formula is C18H16FN5O2. The van der Waals surface area contributed by atoms with Crippen molar-refractivity contribution in [3.63, 3.8) is 0 Å². The van der Waals surface area contributed by atoms with Gasteiger partial charge < -0.3 is 5.11 Å². The Morgan fingerprint density at radius 3 is 2.85 bits per heavy atom. The monoisotopic (exact) mass is 353 g/mol. The molecule has 0 aliphatic rings. The molecule has 0 aliphatic carbocycles. The van der Waals surface area contributed by atoms with Crippen molar-refractivity contribution in [3.8, 4) is 0 Å². The summed E-state index contributed by atoms with van der Waals surface area (Å²) in [6.07, 6.45) is 0.453. The highest BCUT2D eigenvalue weighted by molar-refractivity contribution is 5.77. The second-order valence-electron chi connectivity index (χ2n) is 6.28. The molecule has 7 nitrogen and oxygen atoms in total. The van der Waals surface area contributed by atoms with E-state index in [0.717, 1.165) is 16.6 Å². The summed E-state index contributed by atoms with van der Waals surface area (Å²) in [5.74, 6) is -0.449. The fourth-order valence-corrected chi connectivity index (χ4v) is 2.96. The average Bonchev–Trinajstić information content (AvgIpc) is 2.99. The summed E-state index contributed by atoms with van der Waals surface area (Å²) in [6, 6.07) is 9.59. The van der Waals surface area contributed by atoms with Gasteiger partial charge in [-0.05, 0) is 36.8 Å². The van der Waals surface area contributed by atoms with E-state index in [-0.39, 0.29) is 18.6 Å². The molecule has 0 amide bonds. The molecule has 0 spiro atoms. The van der Waals surface area contributed by atoms with E-state index in [1.807, 2.05) is 25.1 Å². The van der Waals surface area contributed by atoms with Gasteiger partial charge in [0.1, 0.15) is 11.3 Å². The van der Waals surface area contributed by atoms with E-state index >= 15 is 0 Å². The van der Waals surface area contributed by atoms with E-state index in [9.17, 15) is 14.3 Å². The van der Waals surface area contributed by atoms with Crippen LogP contribution in [0, 0.1) is 12.7 Å². The summed E-state index contributed by atoms with van der Waals surface area (Å²) < 4.78 is 16.2. The topological polar surface area (TPSA) is 85.8 Å². The van der Waals surface area contributed by atoms with Crippen LogP contribution < -0.4 is 5.56 Å². The van der Waals surface area contributed by atoms with Gasteiger partial charge in [0.05, 0.1) is 41.9 Å². The molecule has 1 atom stereocenters. The van der Waals surface area contributed by atoms with E-state index < -0.39 is 11.9 Å². The summed E-state index contributed by atoms with van der Waals surface area (Å²) in [5.41, 5.74) is 2.61. The zero-order valence-electron chi connectivity index (χ0n) is 14.0. The highest BCUT2D eigenvalue weighted by Crippen LogP contribution is 2.13. The van der Waals surface area contributed by atoms with Gasteiger partial charge in [0, 0.05) is 6.07 Å². The first kappa shape index (κ1) is 16.3. The standard InChI is InChI=1S/C18H16FN5O2/c1-11-2-5-17-16(6-11)21-22-24(17)9-13(25)8-23-10-20-15-7-12(19)3-4-14(15)18(23)26/h2-7,10,13,25H,8-9H2,1H3. The van der Waals surface area contributed by atoms with Crippen LogP contribution in [0.25, 0.3) is 21.9 Å². The van der Waals surface area contributed by atoms with E-state index in [1.165, 1.54) is 29.1 Å². The zero-order chi connectivity index (χ0) is 18.3. The Hall–Kier alpha value is -3.13. The van der Waals surface area contributed by atoms with Crippen molar-refractivity contribution in [2.24, 2.45) is 0 Å². The van der Waals surface area contributed by atoms with Crippen LogP contribution in [0.5, 0.6) is 0 Å². The number of aromatic nitrogens is 5. The summed E-state index contributed by atoms with van der Waals surface area (Å²) in [5, 5.41) is 18.9. The number of aryl methyl sites for hydroxylation is 1. The number of aliphatic hydroxyl groups is 1. The summed E-state index contributed by atoms with van der Waals surface area (Å²) in [7, 11) is 0. The molecule has 132 valence electrons. The molecule has 1 unspecified atom stereocenters. The molecule has 0 fully saturated rings. The first-order chi connectivity index (χ1) is 12.5. The molecule has 4 rings (SSSR count). The summed E-state index contributed by atoms with van der Waals surface area (Å²) in [4.78, 5) is 16.6. The maximum Gasteiger partial charge on any atom is 0.261 e. The third kappa shape index (κ3) is 2.95. The quantitative estimate of drug-likeness (QED) is 0.603. The van der Waals surface area contributed by atoms with Crippen LogP contribution in [0.3, 0.4) is 0 Å². The molecule has 2 aromatic carbocycles. The Morgan fingerprint density at radius 1 is 1.15 bits per heavy atom. The van der Waals surface area contributed by atoms with Gasteiger partial charge in [0.15, 0.2) is 0 Å². The maximum atomic E-state index is 13.2. The maximum absolute atomic E-state index is 13.2. The number of hydrogen-bond donors (Lipinski definition) is 1. The summed E-state index contributed by atoms with van der Waals surface area (Å²) in [6.45, 7) is 2.21. The lowest BCUT2D eigenvalue weighted by Gasteiger charge is -2.13. The van der Waals surface area contributed by atoms with E-state index in [2.05, 4.69) is 15.3 Å². The first-order valence-electron chi connectivity index (χ1n) is 8.14. The lowest BCUT2D eigenvalue weighted by Crippen LogP contribution is -2.29. The van der Waals surface area contributed by atoms with E-state index in [4.69, 9.17) is 0 Å². The molecule has 0 bridgehead atoms. The van der Waals surface area contributed by atoms with Crippen molar-refractivity contribution in [2.45, 2.75) is 26.1 Å². The van der Waals surface area contributed by atoms with E-state index in [0.29, 0.717) is 10.9 Å². The van der Waals surface area contributed by atoms with Gasteiger partial charge in [-0.3, -0.25) is 9.36 Å². The molecule has 4 aromatic rings. The Kier molecular flexibility index (Phi) is 3.96. The van der Waals surface area contributed by atoms with Gasteiger partial charge >= 0.3 is 0 Å². The van der Waals surface area contributed by atoms with Crippen molar-refractivity contribution in [2.75, 3.05) is 0 Å².